The number of aromatic nitrogens is 1. The fourth-order valence-corrected chi connectivity index (χ4v) is 2.65. The Labute approximate surface area is 128 Å². The molecule has 3 nitrogen and oxygen atoms in total. The van der Waals surface area contributed by atoms with Crippen molar-refractivity contribution in [2.45, 2.75) is 20.0 Å². The molecule has 1 aromatic heterocycles. The van der Waals surface area contributed by atoms with Crippen molar-refractivity contribution in [3.8, 4) is 5.75 Å². The molecule has 1 aromatic carbocycles. The fourth-order valence-electron chi connectivity index (χ4n) is 2.07. The topological polar surface area (TPSA) is 25.4 Å². The standard InChI is InChI=1S/C16H19BrN2O/c1-3-19(12-14-6-4-5-9-18-14)11-13-7-8-16(20-2)15(17)10-13/h4-10H,3,11-12H2,1-2H3. The molecule has 0 fully saturated rings. The Balaban J connectivity index is 2.04. The minimum Gasteiger partial charge on any atom is -0.496 e. The summed E-state index contributed by atoms with van der Waals surface area (Å²) in [7, 11) is 1.68. The van der Waals surface area contributed by atoms with Gasteiger partial charge in [0, 0.05) is 19.3 Å². The van der Waals surface area contributed by atoms with Crippen LogP contribution in [0, 0.1) is 0 Å². The summed E-state index contributed by atoms with van der Waals surface area (Å²) in [6.45, 7) is 4.92. The van der Waals surface area contributed by atoms with Gasteiger partial charge in [-0.15, -0.1) is 0 Å². The molecule has 0 amide bonds. The first-order valence-electron chi connectivity index (χ1n) is 6.67. The van der Waals surface area contributed by atoms with E-state index in [9.17, 15) is 0 Å². The van der Waals surface area contributed by atoms with E-state index >= 15 is 0 Å². The normalized spacial score (nSPS) is 10.8. The van der Waals surface area contributed by atoms with Crippen LogP contribution >= 0.6 is 15.9 Å². The zero-order chi connectivity index (χ0) is 14.4. The first kappa shape index (κ1) is 15.0. The number of halogens is 1. The van der Waals surface area contributed by atoms with Crippen LogP contribution in [0.2, 0.25) is 0 Å². The number of nitrogens with zero attached hydrogens (tertiary/aromatic N) is 2. The molecule has 0 N–H and O–H groups in total. The molecule has 2 rings (SSSR count). The van der Waals surface area contributed by atoms with Crippen LogP contribution < -0.4 is 4.74 Å². The van der Waals surface area contributed by atoms with E-state index in [0.29, 0.717) is 0 Å². The summed E-state index contributed by atoms with van der Waals surface area (Å²) in [5.41, 5.74) is 2.36. The lowest BCUT2D eigenvalue weighted by atomic mass is 10.2. The quantitative estimate of drug-likeness (QED) is 0.801. The second-order valence-electron chi connectivity index (χ2n) is 4.59. The highest BCUT2D eigenvalue weighted by molar-refractivity contribution is 9.10. The van der Waals surface area contributed by atoms with E-state index in [1.165, 1.54) is 5.56 Å². The SMILES string of the molecule is CCN(Cc1ccc(OC)c(Br)c1)Cc1ccccn1. The van der Waals surface area contributed by atoms with Crippen molar-refractivity contribution in [3.05, 3.63) is 58.3 Å². The third-order valence-electron chi connectivity index (χ3n) is 3.18. The first-order valence-corrected chi connectivity index (χ1v) is 7.47. The monoisotopic (exact) mass is 334 g/mol. The highest BCUT2D eigenvalue weighted by atomic mass is 79.9. The van der Waals surface area contributed by atoms with Crippen LogP contribution in [0.1, 0.15) is 18.2 Å². The van der Waals surface area contributed by atoms with E-state index in [2.05, 4.69) is 50.9 Å². The molecule has 0 aliphatic heterocycles. The van der Waals surface area contributed by atoms with Crippen molar-refractivity contribution in [2.75, 3.05) is 13.7 Å². The molecule has 0 spiro atoms. The molecule has 2 aromatic rings. The van der Waals surface area contributed by atoms with E-state index in [0.717, 1.165) is 35.6 Å². The Bertz CT molecular complexity index is 545. The maximum absolute atomic E-state index is 5.26. The van der Waals surface area contributed by atoms with Crippen molar-refractivity contribution in [3.63, 3.8) is 0 Å². The van der Waals surface area contributed by atoms with Gasteiger partial charge in [0.1, 0.15) is 5.75 Å². The molecule has 4 heteroatoms. The first-order chi connectivity index (χ1) is 9.72. The molecule has 1 heterocycles. The van der Waals surface area contributed by atoms with Gasteiger partial charge in [0.15, 0.2) is 0 Å². The molecule has 0 aliphatic carbocycles. The number of rotatable bonds is 6. The van der Waals surface area contributed by atoms with E-state index < -0.39 is 0 Å². The third kappa shape index (κ3) is 4.05. The van der Waals surface area contributed by atoms with Crippen LogP contribution in [0.15, 0.2) is 47.1 Å². The van der Waals surface area contributed by atoms with Crippen LogP contribution in [-0.4, -0.2) is 23.5 Å². The van der Waals surface area contributed by atoms with Crippen LogP contribution in [0.5, 0.6) is 5.75 Å². The lowest BCUT2D eigenvalue weighted by Gasteiger charge is -2.20. The average molecular weight is 335 g/mol. The molecule has 0 radical (unpaired) electrons. The highest BCUT2D eigenvalue weighted by Crippen LogP contribution is 2.26. The molecular weight excluding hydrogens is 316 g/mol. The van der Waals surface area contributed by atoms with Crippen molar-refractivity contribution < 1.29 is 4.74 Å². The maximum atomic E-state index is 5.26. The molecule has 0 saturated carbocycles. The van der Waals surface area contributed by atoms with Gasteiger partial charge in [-0.25, -0.2) is 0 Å². The van der Waals surface area contributed by atoms with E-state index in [4.69, 9.17) is 4.74 Å². The lowest BCUT2D eigenvalue weighted by Crippen LogP contribution is -2.22. The van der Waals surface area contributed by atoms with Crippen LogP contribution in [0.3, 0.4) is 0 Å². The summed E-state index contributed by atoms with van der Waals surface area (Å²) in [5, 5.41) is 0. The van der Waals surface area contributed by atoms with Gasteiger partial charge in [-0.3, -0.25) is 9.88 Å². The van der Waals surface area contributed by atoms with Crippen LogP contribution in [0.25, 0.3) is 0 Å². The minimum absolute atomic E-state index is 0.862. The zero-order valence-corrected chi connectivity index (χ0v) is 13.4. The summed E-state index contributed by atoms with van der Waals surface area (Å²) in [6, 6.07) is 12.2. The van der Waals surface area contributed by atoms with Gasteiger partial charge in [-0.1, -0.05) is 19.1 Å². The van der Waals surface area contributed by atoms with Crippen molar-refractivity contribution in [1.29, 1.82) is 0 Å². The second-order valence-corrected chi connectivity index (χ2v) is 5.45. The zero-order valence-electron chi connectivity index (χ0n) is 11.8. The van der Waals surface area contributed by atoms with E-state index in [1.54, 1.807) is 7.11 Å². The predicted octanol–water partition coefficient (Wildman–Crippen LogP) is 3.87. The van der Waals surface area contributed by atoms with Gasteiger partial charge in [-0.2, -0.15) is 0 Å². The Hall–Kier alpha value is -1.39. The van der Waals surface area contributed by atoms with Gasteiger partial charge in [0.25, 0.3) is 0 Å². The number of benzene rings is 1. The Kier molecular flexibility index (Phi) is 5.56. The molecule has 0 unspecified atom stereocenters. The third-order valence-corrected chi connectivity index (χ3v) is 3.80. The van der Waals surface area contributed by atoms with Gasteiger partial charge in [0.2, 0.25) is 0 Å². The fraction of sp³-hybridized carbons (Fsp3) is 0.312. The number of methoxy groups -OCH3 is 1. The van der Waals surface area contributed by atoms with Gasteiger partial charge < -0.3 is 4.74 Å². The van der Waals surface area contributed by atoms with Crippen molar-refractivity contribution >= 4 is 15.9 Å². The summed E-state index contributed by atoms with van der Waals surface area (Å²) < 4.78 is 6.25. The van der Waals surface area contributed by atoms with E-state index in [1.807, 2.05) is 24.4 Å². The minimum atomic E-state index is 0.862. The van der Waals surface area contributed by atoms with Crippen LogP contribution in [0.4, 0.5) is 0 Å². The molecule has 0 aliphatic rings. The van der Waals surface area contributed by atoms with Gasteiger partial charge >= 0.3 is 0 Å². The Morgan fingerprint density at radius 3 is 2.65 bits per heavy atom. The van der Waals surface area contributed by atoms with Gasteiger partial charge in [0.05, 0.1) is 17.3 Å². The number of hydrogen-bond acceptors (Lipinski definition) is 3. The number of ether oxygens (including phenoxy) is 1. The summed E-state index contributed by atoms with van der Waals surface area (Å²) in [5.74, 6) is 0.863. The largest absolute Gasteiger partial charge is 0.496 e. The number of hydrogen-bond donors (Lipinski definition) is 0. The smallest absolute Gasteiger partial charge is 0.133 e. The summed E-state index contributed by atoms with van der Waals surface area (Å²) in [6.07, 6.45) is 1.84. The Morgan fingerprint density at radius 1 is 1.20 bits per heavy atom. The van der Waals surface area contributed by atoms with Crippen molar-refractivity contribution in [1.82, 2.24) is 9.88 Å². The summed E-state index contributed by atoms with van der Waals surface area (Å²) >= 11 is 3.53. The molecule has 106 valence electrons. The van der Waals surface area contributed by atoms with Crippen LogP contribution in [-0.2, 0) is 13.1 Å². The Morgan fingerprint density at radius 2 is 2.05 bits per heavy atom. The lowest BCUT2D eigenvalue weighted by molar-refractivity contribution is 0.268. The highest BCUT2D eigenvalue weighted by Gasteiger charge is 2.07. The molecular formula is C16H19BrN2O. The molecule has 0 bridgehead atoms. The van der Waals surface area contributed by atoms with Gasteiger partial charge in [-0.05, 0) is 52.3 Å². The molecule has 0 atom stereocenters. The molecule has 20 heavy (non-hydrogen) atoms. The average Bonchev–Trinajstić information content (AvgIpc) is 2.48. The maximum Gasteiger partial charge on any atom is 0.133 e. The van der Waals surface area contributed by atoms with Crippen molar-refractivity contribution in [2.24, 2.45) is 0 Å². The predicted molar refractivity (Wildman–Crippen MR) is 84.7 cm³/mol. The molecule has 0 saturated heterocycles. The summed E-state index contributed by atoms with van der Waals surface area (Å²) in [4.78, 5) is 6.74. The second kappa shape index (κ2) is 7.41. The number of pyridine rings is 1. The van der Waals surface area contributed by atoms with E-state index in [-0.39, 0.29) is 0 Å².